The SMILES string of the molecule is C/C(=N/NC(=O)c1ccc(COc2ccc3c(c2)CCC3)o1)c1ccc(NC(=O)c2ccc(Br)o2)cc1. The number of amides is 2. The third-order valence-electron chi connectivity index (χ3n) is 6.02. The Morgan fingerprint density at radius 2 is 1.68 bits per heavy atom. The zero-order valence-electron chi connectivity index (χ0n) is 20.0. The lowest BCUT2D eigenvalue weighted by Crippen LogP contribution is -2.18. The average Bonchev–Trinajstić information content (AvgIpc) is 3.67. The lowest BCUT2D eigenvalue weighted by atomic mass is 10.1. The predicted octanol–water partition coefficient (Wildman–Crippen LogP) is 6.11. The third-order valence-corrected chi connectivity index (χ3v) is 6.45. The molecule has 0 spiro atoms. The highest BCUT2D eigenvalue weighted by Gasteiger charge is 2.14. The van der Waals surface area contributed by atoms with Gasteiger partial charge in [0, 0.05) is 5.69 Å². The minimum absolute atomic E-state index is 0.145. The van der Waals surface area contributed by atoms with Crippen LogP contribution in [0.2, 0.25) is 0 Å². The fraction of sp³-hybridized carbons (Fsp3) is 0.179. The van der Waals surface area contributed by atoms with Gasteiger partial charge in [-0.25, -0.2) is 5.43 Å². The molecule has 188 valence electrons. The molecule has 0 fully saturated rings. The Bertz CT molecular complexity index is 1470. The molecule has 0 unspecified atom stereocenters. The van der Waals surface area contributed by atoms with Crippen molar-refractivity contribution < 1.29 is 23.2 Å². The van der Waals surface area contributed by atoms with Crippen LogP contribution in [-0.2, 0) is 19.4 Å². The second-order valence-corrected chi connectivity index (χ2v) is 9.39. The summed E-state index contributed by atoms with van der Waals surface area (Å²) in [5.74, 6) is 0.871. The molecule has 9 heteroatoms. The van der Waals surface area contributed by atoms with Gasteiger partial charge in [0.25, 0.3) is 5.91 Å². The molecular formula is C28H24BrN3O5. The Kier molecular flexibility index (Phi) is 7.23. The van der Waals surface area contributed by atoms with Crippen molar-refractivity contribution in [1.29, 1.82) is 0 Å². The summed E-state index contributed by atoms with van der Waals surface area (Å²) in [6, 6.07) is 19.8. The van der Waals surface area contributed by atoms with Gasteiger partial charge in [-0.3, -0.25) is 9.59 Å². The molecule has 2 heterocycles. The summed E-state index contributed by atoms with van der Waals surface area (Å²) in [6.07, 6.45) is 3.40. The molecule has 37 heavy (non-hydrogen) atoms. The summed E-state index contributed by atoms with van der Waals surface area (Å²) in [5, 5.41) is 6.92. The number of benzene rings is 2. The molecule has 4 aromatic rings. The Morgan fingerprint density at radius 1 is 0.919 bits per heavy atom. The van der Waals surface area contributed by atoms with Crippen molar-refractivity contribution >= 4 is 39.1 Å². The van der Waals surface area contributed by atoms with E-state index >= 15 is 0 Å². The van der Waals surface area contributed by atoms with Crippen molar-refractivity contribution in [3.63, 3.8) is 0 Å². The normalized spacial score (nSPS) is 12.8. The highest BCUT2D eigenvalue weighted by Crippen LogP contribution is 2.26. The van der Waals surface area contributed by atoms with Crippen molar-refractivity contribution in [3.05, 3.63) is 105 Å². The first-order valence-electron chi connectivity index (χ1n) is 11.8. The van der Waals surface area contributed by atoms with E-state index in [0.29, 0.717) is 21.8 Å². The molecule has 0 atom stereocenters. The molecule has 0 aliphatic heterocycles. The van der Waals surface area contributed by atoms with Gasteiger partial charge in [0.15, 0.2) is 16.2 Å². The monoisotopic (exact) mass is 561 g/mol. The van der Waals surface area contributed by atoms with Gasteiger partial charge in [-0.2, -0.15) is 5.10 Å². The summed E-state index contributed by atoms with van der Waals surface area (Å²) >= 11 is 3.17. The number of hydrogen-bond donors (Lipinski definition) is 2. The van der Waals surface area contributed by atoms with Gasteiger partial charge in [-0.1, -0.05) is 18.2 Å². The molecule has 8 nitrogen and oxygen atoms in total. The largest absolute Gasteiger partial charge is 0.486 e. The van der Waals surface area contributed by atoms with Crippen LogP contribution in [0.4, 0.5) is 5.69 Å². The maximum atomic E-state index is 12.5. The Morgan fingerprint density at radius 3 is 2.46 bits per heavy atom. The zero-order chi connectivity index (χ0) is 25.8. The number of fused-ring (bicyclic) bond motifs is 1. The smallest absolute Gasteiger partial charge is 0.307 e. The summed E-state index contributed by atoms with van der Waals surface area (Å²) in [6.45, 7) is 2.00. The van der Waals surface area contributed by atoms with Crippen LogP contribution in [0.5, 0.6) is 5.75 Å². The first-order chi connectivity index (χ1) is 17.9. The van der Waals surface area contributed by atoms with Crippen molar-refractivity contribution in [3.8, 4) is 5.75 Å². The molecule has 2 N–H and O–H groups in total. The van der Waals surface area contributed by atoms with E-state index in [-0.39, 0.29) is 24.0 Å². The Labute approximate surface area is 221 Å². The number of aryl methyl sites for hydroxylation is 2. The number of anilines is 1. The number of nitrogens with zero attached hydrogens (tertiary/aromatic N) is 1. The van der Waals surface area contributed by atoms with E-state index in [1.807, 2.05) is 6.07 Å². The fourth-order valence-electron chi connectivity index (χ4n) is 4.05. The fourth-order valence-corrected chi connectivity index (χ4v) is 4.35. The number of halogens is 1. The standard InChI is InChI=1S/C28H24BrN3O5/c1-17(18-5-8-21(9-6-18)30-27(33)24-13-14-26(29)37-24)31-32-28(34)25-12-11-23(36-25)16-35-22-10-7-19-3-2-4-20(19)15-22/h5-15H,2-4,16H2,1H3,(H,30,33)(H,32,34)/b31-17-. The molecule has 0 saturated heterocycles. The van der Waals surface area contributed by atoms with Crippen LogP contribution < -0.4 is 15.5 Å². The van der Waals surface area contributed by atoms with E-state index < -0.39 is 5.91 Å². The first kappa shape index (κ1) is 24.6. The van der Waals surface area contributed by atoms with Crippen molar-refractivity contribution in [2.45, 2.75) is 32.8 Å². The number of rotatable bonds is 8. The van der Waals surface area contributed by atoms with Gasteiger partial charge < -0.3 is 18.9 Å². The maximum absolute atomic E-state index is 12.5. The van der Waals surface area contributed by atoms with E-state index in [0.717, 1.165) is 24.2 Å². The number of nitrogens with one attached hydrogen (secondary N) is 2. The molecule has 2 amide bonds. The quantitative estimate of drug-likeness (QED) is 0.199. The van der Waals surface area contributed by atoms with Gasteiger partial charge in [0.05, 0.1) is 5.71 Å². The lowest BCUT2D eigenvalue weighted by Gasteiger charge is -2.07. The number of ether oxygens (including phenoxy) is 1. The topological polar surface area (TPSA) is 106 Å². The van der Waals surface area contributed by atoms with Crippen molar-refractivity contribution in [2.24, 2.45) is 5.10 Å². The second kappa shape index (κ2) is 10.9. The van der Waals surface area contributed by atoms with Gasteiger partial charge in [0.2, 0.25) is 0 Å². The van der Waals surface area contributed by atoms with Gasteiger partial charge in [0.1, 0.15) is 18.1 Å². The Balaban J connectivity index is 1.13. The summed E-state index contributed by atoms with van der Waals surface area (Å²) in [5.41, 5.74) is 7.21. The maximum Gasteiger partial charge on any atom is 0.307 e. The van der Waals surface area contributed by atoms with Crippen molar-refractivity contribution in [1.82, 2.24) is 5.43 Å². The molecule has 5 rings (SSSR count). The first-order valence-corrected chi connectivity index (χ1v) is 12.6. The van der Waals surface area contributed by atoms with Crippen LogP contribution in [0.15, 0.2) is 85.3 Å². The molecule has 2 aromatic heterocycles. The summed E-state index contributed by atoms with van der Waals surface area (Å²) in [4.78, 5) is 24.7. The van der Waals surface area contributed by atoms with Gasteiger partial charge >= 0.3 is 5.91 Å². The van der Waals surface area contributed by atoms with E-state index in [4.69, 9.17) is 13.6 Å². The molecule has 2 aromatic carbocycles. The van der Waals surface area contributed by atoms with Crippen molar-refractivity contribution in [2.75, 3.05) is 5.32 Å². The summed E-state index contributed by atoms with van der Waals surface area (Å²) in [7, 11) is 0. The molecule has 0 bridgehead atoms. The minimum atomic E-state index is -0.461. The summed E-state index contributed by atoms with van der Waals surface area (Å²) < 4.78 is 17.2. The number of hydrazone groups is 1. The van der Waals surface area contributed by atoms with Gasteiger partial charge in [-0.05, 0) is 107 Å². The van der Waals surface area contributed by atoms with Crippen LogP contribution in [0.25, 0.3) is 0 Å². The second-order valence-electron chi connectivity index (χ2n) is 8.61. The zero-order valence-corrected chi connectivity index (χ0v) is 21.6. The van der Waals surface area contributed by atoms with Crippen LogP contribution in [-0.4, -0.2) is 17.5 Å². The number of hydrogen-bond acceptors (Lipinski definition) is 6. The predicted molar refractivity (Wildman–Crippen MR) is 142 cm³/mol. The molecule has 0 saturated carbocycles. The van der Waals surface area contributed by atoms with Crippen LogP contribution in [0, 0.1) is 0 Å². The Hall–Kier alpha value is -4.11. The molecule has 0 radical (unpaired) electrons. The molecule has 1 aliphatic carbocycles. The average molecular weight is 562 g/mol. The number of furan rings is 2. The van der Waals surface area contributed by atoms with Crippen LogP contribution >= 0.6 is 15.9 Å². The lowest BCUT2D eigenvalue weighted by molar-refractivity contribution is 0.0922. The van der Waals surface area contributed by atoms with E-state index in [1.54, 1.807) is 55.5 Å². The number of carbonyl (C=O) groups excluding carboxylic acids is 2. The van der Waals surface area contributed by atoms with Gasteiger partial charge in [-0.15, -0.1) is 0 Å². The molecular weight excluding hydrogens is 538 g/mol. The highest BCUT2D eigenvalue weighted by atomic mass is 79.9. The number of carbonyl (C=O) groups is 2. The minimum Gasteiger partial charge on any atom is -0.486 e. The van der Waals surface area contributed by atoms with E-state index in [9.17, 15) is 9.59 Å². The highest BCUT2D eigenvalue weighted by molar-refractivity contribution is 9.10. The van der Waals surface area contributed by atoms with E-state index in [2.05, 4.69) is 43.9 Å². The molecule has 1 aliphatic rings. The van der Waals surface area contributed by atoms with E-state index in [1.165, 1.54) is 17.5 Å². The van der Waals surface area contributed by atoms with Crippen LogP contribution in [0.3, 0.4) is 0 Å². The van der Waals surface area contributed by atoms with Crippen LogP contribution in [0.1, 0.15) is 56.9 Å². The third kappa shape index (κ3) is 6.00.